The molecule has 0 unspecified atom stereocenters. The molecule has 14 heavy (non-hydrogen) atoms. The van der Waals surface area contributed by atoms with Gasteiger partial charge in [0.15, 0.2) is 0 Å². The summed E-state index contributed by atoms with van der Waals surface area (Å²) in [4.78, 5) is 2.27. The third kappa shape index (κ3) is 3.75. The first-order valence-electron chi connectivity index (χ1n) is 4.84. The van der Waals surface area contributed by atoms with E-state index in [2.05, 4.69) is 18.7 Å². The Balaban J connectivity index is 2.39. The van der Waals surface area contributed by atoms with Gasteiger partial charge in [0, 0.05) is 17.2 Å². The summed E-state index contributed by atoms with van der Waals surface area (Å²) in [7, 11) is 1.97. The highest BCUT2D eigenvalue weighted by atomic mass is 35.7. The van der Waals surface area contributed by atoms with Gasteiger partial charge in [0.1, 0.15) is 0 Å². The van der Waals surface area contributed by atoms with Crippen molar-refractivity contribution in [3.05, 3.63) is 5.92 Å². The van der Waals surface area contributed by atoms with Crippen molar-refractivity contribution in [1.29, 1.82) is 0 Å². The van der Waals surface area contributed by atoms with Gasteiger partial charge >= 0.3 is 0 Å². The van der Waals surface area contributed by atoms with E-state index in [9.17, 15) is 8.42 Å². The van der Waals surface area contributed by atoms with Crippen molar-refractivity contribution in [2.45, 2.75) is 31.9 Å². The Morgan fingerprint density at radius 1 is 1.36 bits per heavy atom. The number of hydrogen-bond acceptors (Lipinski definition) is 3. The van der Waals surface area contributed by atoms with Crippen molar-refractivity contribution in [2.75, 3.05) is 19.6 Å². The largest absolute Gasteiger partial charge is 0.303 e. The minimum absolute atomic E-state index is 0.336. The zero-order chi connectivity index (χ0) is 10.8. The van der Waals surface area contributed by atoms with Gasteiger partial charge in [-0.15, -0.1) is 0 Å². The minimum atomic E-state index is -3.34. The van der Waals surface area contributed by atoms with Gasteiger partial charge in [-0.1, -0.05) is 13.8 Å². The molecule has 0 amide bonds. The van der Waals surface area contributed by atoms with E-state index in [1.165, 1.54) is 5.92 Å². The summed E-state index contributed by atoms with van der Waals surface area (Å²) in [5.41, 5.74) is 0. The quantitative estimate of drug-likeness (QED) is 0.702. The molecule has 0 aliphatic carbocycles. The second kappa shape index (κ2) is 4.81. The summed E-state index contributed by atoms with van der Waals surface area (Å²) in [6, 6.07) is 0. The Kier molecular flexibility index (Phi) is 4.22. The Bertz CT molecular complexity index is 269. The molecule has 0 aromatic rings. The van der Waals surface area contributed by atoms with E-state index in [1.807, 2.05) is 0 Å². The van der Waals surface area contributed by atoms with E-state index in [0.29, 0.717) is 12.8 Å². The maximum Gasteiger partial charge on any atom is 0.235 e. The van der Waals surface area contributed by atoms with Crippen LogP contribution in [0.5, 0.6) is 0 Å². The average molecular weight is 239 g/mol. The lowest BCUT2D eigenvalue weighted by Gasteiger charge is -2.31. The molecule has 1 radical (unpaired) electrons. The van der Waals surface area contributed by atoms with Crippen molar-refractivity contribution >= 4 is 19.7 Å². The van der Waals surface area contributed by atoms with Crippen molar-refractivity contribution in [1.82, 2.24) is 4.90 Å². The van der Waals surface area contributed by atoms with Crippen LogP contribution in [0.25, 0.3) is 0 Å². The summed E-state index contributed by atoms with van der Waals surface area (Å²) in [6.07, 6.45) is 1.33. The maximum atomic E-state index is 11.1. The van der Waals surface area contributed by atoms with Crippen molar-refractivity contribution in [2.24, 2.45) is 0 Å². The van der Waals surface area contributed by atoms with E-state index >= 15 is 0 Å². The van der Waals surface area contributed by atoms with E-state index in [0.717, 1.165) is 19.6 Å². The van der Waals surface area contributed by atoms with Gasteiger partial charge in [-0.25, -0.2) is 8.42 Å². The van der Waals surface area contributed by atoms with Gasteiger partial charge in [-0.3, -0.25) is 0 Å². The van der Waals surface area contributed by atoms with Crippen LogP contribution in [0, 0.1) is 5.92 Å². The zero-order valence-electron chi connectivity index (χ0n) is 8.66. The molecule has 5 heteroatoms. The number of likely N-dealkylation sites (tertiary alicyclic amines) is 1. The molecule has 1 aliphatic heterocycles. The van der Waals surface area contributed by atoms with Crippen LogP contribution in [0.15, 0.2) is 0 Å². The lowest BCUT2D eigenvalue weighted by Crippen LogP contribution is -2.39. The molecule has 0 atom stereocenters. The molecule has 1 fully saturated rings. The summed E-state index contributed by atoms with van der Waals surface area (Å²) in [5, 5.41) is -0.336. The molecule has 83 valence electrons. The zero-order valence-corrected chi connectivity index (χ0v) is 10.2. The molecule has 0 bridgehead atoms. The van der Waals surface area contributed by atoms with Gasteiger partial charge < -0.3 is 4.90 Å². The second-order valence-corrected chi connectivity index (χ2v) is 7.07. The molecular formula is C9H17ClNO2S. The van der Waals surface area contributed by atoms with E-state index < -0.39 is 9.05 Å². The molecule has 3 nitrogen and oxygen atoms in total. The third-order valence-electron chi connectivity index (χ3n) is 2.47. The van der Waals surface area contributed by atoms with Gasteiger partial charge in [0.05, 0.1) is 5.25 Å². The Labute approximate surface area is 90.8 Å². The van der Waals surface area contributed by atoms with E-state index in [-0.39, 0.29) is 5.25 Å². The summed E-state index contributed by atoms with van der Waals surface area (Å²) in [6.45, 7) is 6.81. The van der Waals surface area contributed by atoms with Crippen molar-refractivity contribution in [3.63, 3.8) is 0 Å². The van der Waals surface area contributed by atoms with Crippen LogP contribution in [0.1, 0.15) is 26.7 Å². The number of nitrogens with zero attached hydrogens (tertiary/aromatic N) is 1. The molecule has 1 rings (SSSR count). The second-order valence-electron chi connectivity index (χ2n) is 4.16. The van der Waals surface area contributed by atoms with Crippen LogP contribution in [-0.2, 0) is 9.05 Å². The first-order chi connectivity index (χ1) is 6.39. The fourth-order valence-electron chi connectivity index (χ4n) is 1.80. The fourth-order valence-corrected chi connectivity index (χ4v) is 3.10. The van der Waals surface area contributed by atoms with E-state index in [4.69, 9.17) is 10.7 Å². The van der Waals surface area contributed by atoms with Gasteiger partial charge in [-0.2, -0.15) is 0 Å². The highest BCUT2D eigenvalue weighted by Crippen LogP contribution is 2.21. The van der Waals surface area contributed by atoms with Gasteiger partial charge in [0.2, 0.25) is 9.05 Å². The number of halogens is 1. The summed E-state index contributed by atoms with van der Waals surface area (Å²) < 4.78 is 22.1. The highest BCUT2D eigenvalue weighted by Gasteiger charge is 2.28. The number of piperidine rings is 1. The van der Waals surface area contributed by atoms with Gasteiger partial charge in [-0.05, 0) is 31.8 Å². The third-order valence-corrected chi connectivity index (χ3v) is 4.50. The summed E-state index contributed by atoms with van der Waals surface area (Å²) >= 11 is 0. The smallest absolute Gasteiger partial charge is 0.235 e. The predicted molar refractivity (Wildman–Crippen MR) is 58.8 cm³/mol. The van der Waals surface area contributed by atoms with Crippen LogP contribution in [0.4, 0.5) is 0 Å². The van der Waals surface area contributed by atoms with Crippen molar-refractivity contribution < 1.29 is 8.42 Å². The predicted octanol–water partition coefficient (Wildman–Crippen LogP) is 1.63. The first kappa shape index (κ1) is 12.3. The van der Waals surface area contributed by atoms with Crippen LogP contribution in [-0.4, -0.2) is 38.2 Å². The highest BCUT2D eigenvalue weighted by molar-refractivity contribution is 8.14. The fraction of sp³-hybridized carbons (Fsp3) is 0.889. The molecule has 0 saturated carbocycles. The lowest BCUT2D eigenvalue weighted by molar-refractivity contribution is 0.239. The monoisotopic (exact) mass is 238 g/mol. The minimum Gasteiger partial charge on any atom is -0.303 e. The Morgan fingerprint density at radius 3 is 2.21 bits per heavy atom. The average Bonchev–Trinajstić information content (AvgIpc) is 2.02. The lowest BCUT2D eigenvalue weighted by atomic mass is 10.1. The molecular weight excluding hydrogens is 222 g/mol. The molecule has 0 aromatic carbocycles. The Morgan fingerprint density at radius 2 is 1.86 bits per heavy atom. The van der Waals surface area contributed by atoms with E-state index in [1.54, 1.807) is 0 Å². The van der Waals surface area contributed by atoms with Gasteiger partial charge in [0.25, 0.3) is 0 Å². The molecule has 1 aliphatic rings. The Hall–Kier alpha value is 0.200. The number of rotatable bonds is 3. The molecule has 0 aromatic heterocycles. The van der Waals surface area contributed by atoms with Crippen LogP contribution in [0.3, 0.4) is 0 Å². The van der Waals surface area contributed by atoms with Crippen LogP contribution in [0.2, 0.25) is 0 Å². The molecule has 0 N–H and O–H groups in total. The standard InChI is InChI=1S/C9H17ClNO2S/c1-8(2)7-11-5-3-9(4-6-11)14(10,12)13/h9H,3-7H2,1-2H3. The topological polar surface area (TPSA) is 37.4 Å². The van der Waals surface area contributed by atoms with Crippen LogP contribution >= 0.6 is 10.7 Å². The first-order valence-corrected chi connectivity index (χ1v) is 7.21. The van der Waals surface area contributed by atoms with Crippen LogP contribution < -0.4 is 0 Å². The maximum absolute atomic E-state index is 11.1. The normalized spacial score (nSPS) is 21.7. The van der Waals surface area contributed by atoms with Crippen molar-refractivity contribution in [3.8, 4) is 0 Å². The molecule has 0 spiro atoms. The SMILES string of the molecule is C[C](C)CN1CCC(S(=O)(=O)Cl)CC1. The number of hydrogen-bond donors (Lipinski definition) is 0. The molecule has 1 heterocycles. The molecule has 1 saturated heterocycles. The summed E-state index contributed by atoms with van der Waals surface area (Å²) in [5.74, 6) is 1.36.